The number of nitrogen functional groups attached to an aromatic ring is 2. The van der Waals surface area contributed by atoms with Crippen LogP contribution in [-0.2, 0) is 0 Å². The molecule has 0 aromatic heterocycles. The second-order valence-electron chi connectivity index (χ2n) is 5.39. The van der Waals surface area contributed by atoms with Crippen molar-refractivity contribution in [1.82, 2.24) is 0 Å². The molecule has 4 nitrogen and oxygen atoms in total. The molecule has 3 aromatic rings. The molecule has 0 bridgehead atoms. The third kappa shape index (κ3) is 3.35. The molecule has 0 saturated carbocycles. The maximum absolute atomic E-state index is 13.0. The van der Waals surface area contributed by atoms with Crippen molar-refractivity contribution in [3.05, 3.63) is 78.1 Å². The van der Waals surface area contributed by atoms with Crippen LogP contribution in [0.3, 0.4) is 0 Å². The molecular formula is C19H16FN3O. The average molecular weight is 321 g/mol. The van der Waals surface area contributed by atoms with Gasteiger partial charge in [0.1, 0.15) is 5.82 Å². The summed E-state index contributed by atoms with van der Waals surface area (Å²) in [4.78, 5) is 12.4. The summed E-state index contributed by atoms with van der Waals surface area (Å²) in [6, 6.07) is 18.0. The van der Waals surface area contributed by atoms with Crippen LogP contribution in [0.2, 0.25) is 0 Å². The molecule has 1 amide bonds. The number of halogens is 1. The van der Waals surface area contributed by atoms with E-state index in [2.05, 4.69) is 5.32 Å². The van der Waals surface area contributed by atoms with Gasteiger partial charge in [-0.05, 0) is 54.1 Å². The molecule has 0 unspecified atom stereocenters. The molecule has 120 valence electrons. The Balaban J connectivity index is 1.95. The zero-order valence-electron chi connectivity index (χ0n) is 12.8. The lowest BCUT2D eigenvalue weighted by Gasteiger charge is -2.13. The van der Waals surface area contributed by atoms with Crippen LogP contribution in [0.5, 0.6) is 0 Å². The molecule has 0 aliphatic carbocycles. The molecule has 24 heavy (non-hydrogen) atoms. The fourth-order valence-corrected chi connectivity index (χ4v) is 2.38. The van der Waals surface area contributed by atoms with Crippen LogP contribution in [0.25, 0.3) is 11.1 Å². The van der Waals surface area contributed by atoms with Gasteiger partial charge in [0, 0.05) is 22.5 Å². The molecule has 3 rings (SSSR count). The van der Waals surface area contributed by atoms with E-state index in [0.717, 1.165) is 11.1 Å². The SMILES string of the molecule is Nc1ccc(-c2ccc(N)cc2NC(=O)c2ccc(F)cc2)cc1. The maximum Gasteiger partial charge on any atom is 0.255 e. The van der Waals surface area contributed by atoms with Gasteiger partial charge < -0.3 is 16.8 Å². The Morgan fingerprint density at radius 3 is 2.12 bits per heavy atom. The van der Waals surface area contributed by atoms with Gasteiger partial charge in [-0.3, -0.25) is 4.79 Å². The normalized spacial score (nSPS) is 10.4. The molecule has 3 aromatic carbocycles. The number of hydrogen-bond donors (Lipinski definition) is 3. The van der Waals surface area contributed by atoms with Gasteiger partial charge in [-0.2, -0.15) is 0 Å². The predicted octanol–water partition coefficient (Wildman–Crippen LogP) is 3.91. The molecular weight excluding hydrogens is 305 g/mol. The monoisotopic (exact) mass is 321 g/mol. The lowest BCUT2D eigenvalue weighted by molar-refractivity contribution is 0.102. The molecule has 0 spiro atoms. The van der Waals surface area contributed by atoms with Crippen LogP contribution in [0.15, 0.2) is 66.7 Å². The van der Waals surface area contributed by atoms with Gasteiger partial charge in [-0.25, -0.2) is 4.39 Å². The summed E-state index contributed by atoms with van der Waals surface area (Å²) in [5, 5.41) is 2.83. The fourth-order valence-electron chi connectivity index (χ4n) is 2.38. The van der Waals surface area contributed by atoms with E-state index >= 15 is 0 Å². The Hall–Kier alpha value is -3.34. The molecule has 0 saturated heterocycles. The van der Waals surface area contributed by atoms with Crippen molar-refractivity contribution in [2.45, 2.75) is 0 Å². The van der Waals surface area contributed by atoms with E-state index in [-0.39, 0.29) is 5.91 Å². The highest BCUT2D eigenvalue weighted by Gasteiger charge is 2.11. The quantitative estimate of drug-likeness (QED) is 0.640. The average Bonchev–Trinajstić information content (AvgIpc) is 2.57. The summed E-state index contributed by atoms with van der Waals surface area (Å²) in [5.74, 6) is -0.727. The van der Waals surface area contributed by atoms with Crippen LogP contribution in [0, 0.1) is 5.82 Å². The smallest absolute Gasteiger partial charge is 0.255 e. The molecule has 0 radical (unpaired) electrons. The lowest BCUT2D eigenvalue weighted by Crippen LogP contribution is -2.13. The first kappa shape index (κ1) is 15.6. The number of benzene rings is 3. The van der Waals surface area contributed by atoms with E-state index in [1.165, 1.54) is 24.3 Å². The van der Waals surface area contributed by atoms with Gasteiger partial charge >= 0.3 is 0 Å². The number of amides is 1. The Labute approximate surface area is 138 Å². The molecule has 0 heterocycles. The van der Waals surface area contributed by atoms with E-state index < -0.39 is 5.82 Å². The summed E-state index contributed by atoms with van der Waals surface area (Å²) in [5.41, 5.74) is 15.4. The molecule has 5 N–H and O–H groups in total. The van der Waals surface area contributed by atoms with E-state index in [1.807, 2.05) is 18.2 Å². The van der Waals surface area contributed by atoms with Crippen LogP contribution in [0.4, 0.5) is 21.5 Å². The zero-order chi connectivity index (χ0) is 17.1. The topological polar surface area (TPSA) is 81.1 Å². The van der Waals surface area contributed by atoms with E-state index in [9.17, 15) is 9.18 Å². The Bertz CT molecular complexity index is 874. The van der Waals surface area contributed by atoms with Crippen molar-refractivity contribution < 1.29 is 9.18 Å². The standard InChI is InChI=1S/C19H16FN3O/c20-14-5-1-13(2-6-14)19(24)23-18-11-16(22)9-10-17(18)12-3-7-15(21)8-4-12/h1-11H,21-22H2,(H,23,24). The summed E-state index contributed by atoms with van der Waals surface area (Å²) in [6.45, 7) is 0. The van der Waals surface area contributed by atoms with E-state index in [0.29, 0.717) is 22.6 Å². The van der Waals surface area contributed by atoms with Crippen molar-refractivity contribution in [1.29, 1.82) is 0 Å². The number of hydrogen-bond acceptors (Lipinski definition) is 3. The van der Waals surface area contributed by atoms with Gasteiger partial charge in [0.05, 0.1) is 5.69 Å². The minimum atomic E-state index is -0.391. The Morgan fingerprint density at radius 2 is 1.46 bits per heavy atom. The van der Waals surface area contributed by atoms with E-state index in [1.54, 1.807) is 24.3 Å². The van der Waals surface area contributed by atoms with Gasteiger partial charge in [0.15, 0.2) is 0 Å². The first-order valence-electron chi connectivity index (χ1n) is 7.35. The number of carbonyl (C=O) groups is 1. The maximum atomic E-state index is 13.0. The van der Waals surface area contributed by atoms with E-state index in [4.69, 9.17) is 11.5 Å². The first-order valence-corrected chi connectivity index (χ1v) is 7.35. The van der Waals surface area contributed by atoms with Crippen molar-refractivity contribution in [3.63, 3.8) is 0 Å². The molecule has 0 atom stereocenters. The predicted molar refractivity (Wildman–Crippen MR) is 95.1 cm³/mol. The summed E-state index contributed by atoms with van der Waals surface area (Å²) >= 11 is 0. The third-order valence-corrected chi connectivity index (χ3v) is 3.62. The van der Waals surface area contributed by atoms with Crippen LogP contribution >= 0.6 is 0 Å². The lowest BCUT2D eigenvalue weighted by atomic mass is 10.0. The highest BCUT2D eigenvalue weighted by Crippen LogP contribution is 2.30. The minimum Gasteiger partial charge on any atom is -0.399 e. The highest BCUT2D eigenvalue weighted by atomic mass is 19.1. The largest absolute Gasteiger partial charge is 0.399 e. The minimum absolute atomic E-state index is 0.336. The second kappa shape index (κ2) is 6.42. The molecule has 0 fully saturated rings. The van der Waals surface area contributed by atoms with Crippen molar-refractivity contribution in [2.75, 3.05) is 16.8 Å². The van der Waals surface area contributed by atoms with Gasteiger partial charge in [0.2, 0.25) is 0 Å². The summed E-state index contributed by atoms with van der Waals surface area (Å²) in [7, 11) is 0. The number of rotatable bonds is 3. The number of anilines is 3. The zero-order valence-corrected chi connectivity index (χ0v) is 12.8. The van der Waals surface area contributed by atoms with Crippen LogP contribution in [0.1, 0.15) is 10.4 Å². The molecule has 0 aliphatic rings. The van der Waals surface area contributed by atoms with Crippen LogP contribution < -0.4 is 16.8 Å². The first-order chi connectivity index (χ1) is 11.5. The van der Waals surface area contributed by atoms with Crippen molar-refractivity contribution >= 4 is 23.0 Å². The molecule has 5 heteroatoms. The highest BCUT2D eigenvalue weighted by molar-refractivity contribution is 6.06. The van der Waals surface area contributed by atoms with Crippen LogP contribution in [-0.4, -0.2) is 5.91 Å². The fraction of sp³-hybridized carbons (Fsp3) is 0. The summed E-state index contributed by atoms with van der Waals surface area (Å²) < 4.78 is 13.0. The van der Waals surface area contributed by atoms with Gasteiger partial charge in [-0.1, -0.05) is 18.2 Å². The van der Waals surface area contributed by atoms with Crippen molar-refractivity contribution in [2.24, 2.45) is 0 Å². The van der Waals surface area contributed by atoms with Gasteiger partial charge in [0.25, 0.3) is 5.91 Å². The third-order valence-electron chi connectivity index (χ3n) is 3.62. The summed E-state index contributed by atoms with van der Waals surface area (Å²) in [6.07, 6.45) is 0. The Kier molecular flexibility index (Phi) is 4.16. The number of nitrogens with two attached hydrogens (primary N) is 2. The number of nitrogens with one attached hydrogen (secondary N) is 1. The second-order valence-corrected chi connectivity index (χ2v) is 5.39. The van der Waals surface area contributed by atoms with Gasteiger partial charge in [-0.15, -0.1) is 0 Å². The van der Waals surface area contributed by atoms with Crippen molar-refractivity contribution in [3.8, 4) is 11.1 Å². The molecule has 0 aliphatic heterocycles. The Morgan fingerprint density at radius 1 is 0.833 bits per heavy atom. The number of carbonyl (C=O) groups excluding carboxylic acids is 1.